The minimum Gasteiger partial charge on any atom is -0.295 e. The van der Waals surface area contributed by atoms with Crippen molar-refractivity contribution in [1.82, 2.24) is 0 Å². The molecule has 0 saturated heterocycles. The molecule has 0 aliphatic carbocycles. The van der Waals surface area contributed by atoms with Gasteiger partial charge in [0, 0.05) is 4.47 Å². The van der Waals surface area contributed by atoms with E-state index in [0.29, 0.717) is 0 Å². The van der Waals surface area contributed by atoms with Crippen molar-refractivity contribution in [2.75, 3.05) is 0 Å². The van der Waals surface area contributed by atoms with Crippen LogP contribution in [0.15, 0.2) is 89.9 Å². The normalized spacial score (nSPS) is 9.22. The van der Waals surface area contributed by atoms with Crippen LogP contribution in [0.3, 0.4) is 0 Å². The minimum atomic E-state index is 0.0185. The average Bonchev–Trinajstić information content (AvgIpc) is 2.66. The predicted molar refractivity (Wildman–Crippen MR) is 121 cm³/mol. The van der Waals surface area contributed by atoms with Crippen molar-refractivity contribution in [3.63, 3.8) is 0 Å². The third kappa shape index (κ3) is 9.16. The Morgan fingerprint density at radius 3 is 1.67 bits per heavy atom. The van der Waals surface area contributed by atoms with Crippen LogP contribution in [0.1, 0.15) is 23.6 Å². The smallest absolute Gasteiger partial charge is 0.152 e. The largest absolute Gasteiger partial charge is 0.295 e. The Morgan fingerprint density at radius 1 is 0.815 bits per heavy atom. The summed E-state index contributed by atoms with van der Waals surface area (Å²) in [6, 6.07) is 25.4. The zero-order chi connectivity index (χ0) is 20.2. The van der Waals surface area contributed by atoms with Crippen molar-refractivity contribution >= 4 is 21.7 Å². The number of hydrogen-bond donors (Lipinski definition) is 0. The fourth-order valence-electron chi connectivity index (χ4n) is 2.16. The highest BCUT2D eigenvalue weighted by atomic mass is 79.9. The van der Waals surface area contributed by atoms with Gasteiger partial charge in [-0.1, -0.05) is 94.3 Å². The third-order valence-corrected chi connectivity index (χ3v) is 4.33. The molecule has 0 saturated carbocycles. The van der Waals surface area contributed by atoms with Crippen molar-refractivity contribution in [3.8, 4) is 11.1 Å². The van der Waals surface area contributed by atoms with Crippen LogP contribution in [0.2, 0.25) is 0 Å². The van der Waals surface area contributed by atoms with Gasteiger partial charge in [-0.05, 0) is 62.6 Å². The lowest BCUT2D eigenvalue weighted by molar-refractivity contribution is -0.112. The second-order valence-corrected chi connectivity index (χ2v) is 7.21. The van der Waals surface area contributed by atoms with Gasteiger partial charge >= 0.3 is 0 Å². The van der Waals surface area contributed by atoms with Crippen LogP contribution in [-0.4, -0.2) is 5.78 Å². The number of allylic oxidation sites excluding steroid dienone is 1. The van der Waals surface area contributed by atoms with E-state index in [2.05, 4.69) is 104 Å². The Hall–Kier alpha value is -2.45. The molecule has 0 N–H and O–H groups in total. The lowest BCUT2D eigenvalue weighted by Gasteiger charge is -2.05. The summed E-state index contributed by atoms with van der Waals surface area (Å²) in [5.74, 6) is 0.0185. The second-order valence-electron chi connectivity index (χ2n) is 6.29. The monoisotopic (exact) mass is 422 g/mol. The van der Waals surface area contributed by atoms with Gasteiger partial charge in [-0.15, -0.1) is 0 Å². The topological polar surface area (TPSA) is 17.1 Å². The Balaban J connectivity index is 0.000000237. The van der Waals surface area contributed by atoms with Gasteiger partial charge in [0.25, 0.3) is 0 Å². The number of ketones is 1. The molecule has 0 fully saturated rings. The summed E-state index contributed by atoms with van der Waals surface area (Å²) >= 11 is 3.35. The zero-order valence-corrected chi connectivity index (χ0v) is 18.1. The van der Waals surface area contributed by atoms with Crippen LogP contribution in [0.4, 0.5) is 0 Å². The first kappa shape index (κ1) is 22.6. The maximum Gasteiger partial charge on any atom is 0.152 e. The summed E-state index contributed by atoms with van der Waals surface area (Å²) in [5, 5.41) is 0. The molecule has 3 aromatic carbocycles. The lowest BCUT2D eigenvalue weighted by atomic mass is 10.00. The molecule has 3 rings (SSSR count). The van der Waals surface area contributed by atoms with E-state index in [1.807, 2.05) is 12.1 Å². The summed E-state index contributed by atoms with van der Waals surface area (Å²) < 4.78 is 1.14. The SMILES string of the molecule is C=CC(C)=O.Cc1ccc(-c2ccccc2C)cc1.Cc1ccc(Br)cc1. The minimum absolute atomic E-state index is 0.0185. The fourth-order valence-corrected chi connectivity index (χ4v) is 2.43. The second kappa shape index (κ2) is 12.0. The van der Waals surface area contributed by atoms with Gasteiger partial charge in [0.1, 0.15) is 0 Å². The fraction of sp³-hybridized carbons (Fsp3) is 0.160. The Bertz CT molecular complexity index is 825. The van der Waals surface area contributed by atoms with E-state index in [1.54, 1.807) is 0 Å². The third-order valence-electron chi connectivity index (χ3n) is 3.81. The van der Waals surface area contributed by atoms with Crippen molar-refractivity contribution in [2.24, 2.45) is 0 Å². The lowest BCUT2D eigenvalue weighted by Crippen LogP contribution is -1.82. The van der Waals surface area contributed by atoms with Crippen molar-refractivity contribution in [1.29, 1.82) is 0 Å². The molecule has 2 heteroatoms. The zero-order valence-electron chi connectivity index (χ0n) is 16.5. The highest BCUT2D eigenvalue weighted by molar-refractivity contribution is 9.10. The molecule has 0 radical (unpaired) electrons. The molecule has 0 aromatic heterocycles. The van der Waals surface area contributed by atoms with E-state index >= 15 is 0 Å². The van der Waals surface area contributed by atoms with E-state index in [9.17, 15) is 4.79 Å². The average molecular weight is 423 g/mol. The van der Waals surface area contributed by atoms with Crippen molar-refractivity contribution in [3.05, 3.63) is 107 Å². The summed E-state index contributed by atoms with van der Waals surface area (Å²) in [6.07, 6.45) is 1.28. The molecular formula is C25H27BrO. The molecule has 0 heterocycles. The summed E-state index contributed by atoms with van der Waals surface area (Å²) in [7, 11) is 0. The Morgan fingerprint density at radius 2 is 1.26 bits per heavy atom. The Kier molecular flexibility index (Phi) is 10.1. The molecule has 0 atom stereocenters. The maximum absolute atomic E-state index is 9.69. The van der Waals surface area contributed by atoms with Gasteiger partial charge < -0.3 is 0 Å². The van der Waals surface area contributed by atoms with Crippen LogP contribution < -0.4 is 0 Å². The number of hydrogen-bond acceptors (Lipinski definition) is 1. The van der Waals surface area contributed by atoms with Crippen LogP contribution in [0.25, 0.3) is 11.1 Å². The number of benzene rings is 3. The highest BCUT2D eigenvalue weighted by Gasteiger charge is 1.99. The number of carbonyl (C=O) groups is 1. The molecule has 140 valence electrons. The number of rotatable bonds is 2. The first-order chi connectivity index (χ1) is 12.8. The van der Waals surface area contributed by atoms with E-state index in [4.69, 9.17) is 0 Å². The molecule has 0 spiro atoms. The van der Waals surface area contributed by atoms with Crippen LogP contribution in [0.5, 0.6) is 0 Å². The number of carbonyl (C=O) groups excluding carboxylic acids is 1. The van der Waals surface area contributed by atoms with Gasteiger partial charge in [0.2, 0.25) is 0 Å². The summed E-state index contributed by atoms with van der Waals surface area (Å²) in [5.41, 5.74) is 6.56. The predicted octanol–water partition coefficient (Wildman–Crippen LogP) is 7.49. The molecule has 27 heavy (non-hydrogen) atoms. The van der Waals surface area contributed by atoms with Crippen LogP contribution in [-0.2, 0) is 4.79 Å². The van der Waals surface area contributed by atoms with E-state index < -0.39 is 0 Å². The molecule has 0 aliphatic heterocycles. The standard InChI is InChI=1S/C14H14.C7H7Br.C4H6O/c1-11-7-9-13(10-8-11)14-6-4-3-5-12(14)2;1-6-2-4-7(8)5-3-6;1-3-4(2)5/h3-10H,1-2H3;2-5H,1H3;3H,1H2,2H3. The van der Waals surface area contributed by atoms with Crippen LogP contribution in [0, 0.1) is 20.8 Å². The van der Waals surface area contributed by atoms with Gasteiger partial charge in [0.05, 0.1) is 0 Å². The maximum atomic E-state index is 9.69. The van der Waals surface area contributed by atoms with Gasteiger partial charge in [-0.2, -0.15) is 0 Å². The molecule has 0 amide bonds. The summed E-state index contributed by atoms with van der Waals surface area (Å²) in [4.78, 5) is 9.69. The molecule has 0 unspecified atom stereocenters. The van der Waals surface area contributed by atoms with Crippen LogP contribution >= 0.6 is 15.9 Å². The van der Waals surface area contributed by atoms with Gasteiger partial charge in [0.15, 0.2) is 5.78 Å². The Labute approximate surface area is 171 Å². The first-order valence-corrected chi connectivity index (χ1v) is 9.60. The van der Waals surface area contributed by atoms with Crippen molar-refractivity contribution in [2.45, 2.75) is 27.7 Å². The van der Waals surface area contributed by atoms with E-state index in [0.717, 1.165) is 4.47 Å². The molecular weight excluding hydrogens is 396 g/mol. The summed E-state index contributed by atoms with van der Waals surface area (Å²) in [6.45, 7) is 11.0. The molecule has 1 nitrogen and oxygen atoms in total. The molecule has 0 aliphatic rings. The van der Waals surface area contributed by atoms with E-state index in [-0.39, 0.29) is 5.78 Å². The van der Waals surface area contributed by atoms with Gasteiger partial charge in [-0.3, -0.25) is 4.79 Å². The first-order valence-electron chi connectivity index (χ1n) is 8.81. The number of aryl methyl sites for hydroxylation is 3. The quantitative estimate of drug-likeness (QED) is 0.390. The van der Waals surface area contributed by atoms with Gasteiger partial charge in [-0.25, -0.2) is 0 Å². The highest BCUT2D eigenvalue weighted by Crippen LogP contribution is 2.22. The molecule has 3 aromatic rings. The van der Waals surface area contributed by atoms with Crippen molar-refractivity contribution < 1.29 is 4.79 Å². The molecule has 0 bridgehead atoms. The van der Waals surface area contributed by atoms with E-state index in [1.165, 1.54) is 40.8 Å². The number of halogens is 1.